The van der Waals surface area contributed by atoms with Gasteiger partial charge in [0.05, 0.1) is 0 Å². The van der Waals surface area contributed by atoms with Crippen molar-refractivity contribution >= 4 is 6.16 Å². The second-order valence-corrected chi connectivity index (χ2v) is 1.87. The van der Waals surface area contributed by atoms with Crippen LogP contribution in [0.4, 0.5) is 18.0 Å². The molecule has 0 aliphatic heterocycles. The van der Waals surface area contributed by atoms with Crippen LogP contribution in [-0.4, -0.2) is 16.4 Å². The van der Waals surface area contributed by atoms with Gasteiger partial charge in [0.25, 0.3) is 0 Å². The fraction of sp³-hybridized carbons (Fsp3) is 0. The van der Waals surface area contributed by atoms with E-state index in [9.17, 15) is 13.2 Å². The molecule has 0 saturated carbocycles. The Morgan fingerprint density at radius 1 is 0.923 bits per heavy atom. The first-order valence-electron chi connectivity index (χ1n) is 2.95. The molecule has 6 heteroatoms. The Morgan fingerprint density at radius 2 is 1.08 bits per heavy atom. The molecule has 0 fully saturated rings. The summed E-state index contributed by atoms with van der Waals surface area (Å²) in [5.74, 6) is -2.69. The van der Waals surface area contributed by atoms with Crippen LogP contribution < -0.4 is 0 Å². The maximum absolute atomic E-state index is 11.9. The molecule has 0 amide bonds. The fourth-order valence-electron chi connectivity index (χ4n) is 0.520. The van der Waals surface area contributed by atoms with Crippen molar-refractivity contribution in [3.8, 4) is 0 Å². The molecule has 0 radical (unpaired) electrons. The molecule has 0 saturated heterocycles. The van der Waals surface area contributed by atoms with Gasteiger partial charge in [-0.2, -0.15) is 0 Å². The van der Waals surface area contributed by atoms with E-state index in [4.69, 9.17) is 15.0 Å². The molecule has 0 heterocycles. The Morgan fingerprint density at radius 3 is 1.23 bits per heavy atom. The average molecular weight is 194 g/mol. The van der Waals surface area contributed by atoms with Gasteiger partial charge < -0.3 is 10.2 Å². The zero-order valence-corrected chi connectivity index (χ0v) is 6.17. The highest BCUT2D eigenvalue weighted by atomic mass is 19.1. The van der Waals surface area contributed by atoms with E-state index in [2.05, 4.69) is 0 Å². The molecule has 0 aliphatic carbocycles. The predicted octanol–water partition coefficient (Wildman–Crippen LogP) is 2.33. The first-order valence-corrected chi connectivity index (χ1v) is 2.95. The van der Waals surface area contributed by atoms with E-state index < -0.39 is 23.6 Å². The number of carbonyl (C=O) groups is 1. The number of benzene rings is 1. The first-order chi connectivity index (χ1) is 5.91. The zero-order valence-electron chi connectivity index (χ0n) is 6.17. The van der Waals surface area contributed by atoms with Crippen molar-refractivity contribution in [2.75, 3.05) is 0 Å². The van der Waals surface area contributed by atoms with Gasteiger partial charge in [-0.1, -0.05) is 0 Å². The monoisotopic (exact) mass is 194 g/mol. The lowest BCUT2D eigenvalue weighted by molar-refractivity contribution is 0.137. The normalized spacial score (nSPS) is 8.54. The van der Waals surface area contributed by atoms with E-state index in [1.807, 2.05) is 0 Å². The molecule has 3 nitrogen and oxygen atoms in total. The van der Waals surface area contributed by atoms with Crippen LogP contribution in [0, 0.1) is 17.5 Å². The van der Waals surface area contributed by atoms with Crippen molar-refractivity contribution in [2.24, 2.45) is 0 Å². The van der Waals surface area contributed by atoms with E-state index in [0.29, 0.717) is 18.2 Å². The Kier molecular flexibility index (Phi) is 4.36. The van der Waals surface area contributed by atoms with Crippen LogP contribution in [0.25, 0.3) is 0 Å². The molecule has 0 spiro atoms. The Labute approximate surface area is 71.0 Å². The van der Waals surface area contributed by atoms with E-state index in [-0.39, 0.29) is 0 Å². The third kappa shape index (κ3) is 6.67. The second kappa shape index (κ2) is 5.02. The van der Waals surface area contributed by atoms with E-state index in [1.165, 1.54) is 0 Å². The van der Waals surface area contributed by atoms with Gasteiger partial charge in [-0.25, -0.2) is 18.0 Å². The van der Waals surface area contributed by atoms with E-state index >= 15 is 0 Å². The van der Waals surface area contributed by atoms with Crippen molar-refractivity contribution in [3.63, 3.8) is 0 Å². The molecule has 0 atom stereocenters. The highest BCUT2D eigenvalue weighted by Crippen LogP contribution is 2.04. The molecule has 0 aliphatic rings. The summed E-state index contributed by atoms with van der Waals surface area (Å²) in [6, 6.07) is 1.84. The summed E-state index contributed by atoms with van der Waals surface area (Å²) >= 11 is 0. The number of carboxylic acid groups (broad SMARTS) is 2. The van der Waals surface area contributed by atoms with E-state index in [1.54, 1.807) is 0 Å². The minimum absolute atomic E-state index is 0.614. The Hall–Kier alpha value is -1.72. The Bertz CT molecular complexity index is 247. The third-order valence-corrected chi connectivity index (χ3v) is 0.827. The molecule has 1 rings (SSSR count). The number of hydrogen-bond donors (Lipinski definition) is 2. The van der Waals surface area contributed by atoms with E-state index in [0.717, 1.165) is 0 Å². The highest BCUT2D eigenvalue weighted by Gasteiger charge is 1.96. The molecule has 13 heavy (non-hydrogen) atoms. The molecule has 2 N–H and O–H groups in total. The highest BCUT2D eigenvalue weighted by molar-refractivity contribution is 5.53. The van der Waals surface area contributed by atoms with Gasteiger partial charge >= 0.3 is 6.16 Å². The minimum Gasteiger partial charge on any atom is -0.450 e. The average Bonchev–Trinajstić information content (AvgIpc) is 1.80. The number of rotatable bonds is 0. The van der Waals surface area contributed by atoms with Gasteiger partial charge in [0.2, 0.25) is 0 Å². The second-order valence-electron chi connectivity index (χ2n) is 1.87. The van der Waals surface area contributed by atoms with Crippen LogP contribution in [0.5, 0.6) is 0 Å². The summed E-state index contributed by atoms with van der Waals surface area (Å²) in [5.41, 5.74) is 0. The first kappa shape index (κ1) is 11.3. The maximum atomic E-state index is 11.9. The van der Waals surface area contributed by atoms with Crippen molar-refractivity contribution < 1.29 is 28.2 Å². The molecular weight excluding hydrogens is 189 g/mol. The van der Waals surface area contributed by atoms with Gasteiger partial charge in [-0.15, -0.1) is 0 Å². The van der Waals surface area contributed by atoms with Crippen molar-refractivity contribution in [1.29, 1.82) is 0 Å². The fourth-order valence-corrected chi connectivity index (χ4v) is 0.520. The zero-order chi connectivity index (χ0) is 10.4. The molecule has 1 aromatic rings. The molecule has 0 unspecified atom stereocenters. The summed E-state index contributed by atoms with van der Waals surface area (Å²) < 4.78 is 35.8. The topological polar surface area (TPSA) is 57.5 Å². The van der Waals surface area contributed by atoms with Crippen LogP contribution in [0.15, 0.2) is 18.2 Å². The van der Waals surface area contributed by atoms with Gasteiger partial charge in [-0.3, -0.25) is 0 Å². The molecule has 72 valence electrons. The van der Waals surface area contributed by atoms with Crippen LogP contribution >= 0.6 is 0 Å². The van der Waals surface area contributed by atoms with Crippen LogP contribution in [0.2, 0.25) is 0 Å². The number of hydrogen-bond acceptors (Lipinski definition) is 1. The SMILES string of the molecule is Fc1cc(F)cc(F)c1.O=C(O)O. The molecule has 0 bridgehead atoms. The van der Waals surface area contributed by atoms with Gasteiger partial charge in [0.1, 0.15) is 17.5 Å². The lowest BCUT2D eigenvalue weighted by atomic mass is 10.3. The van der Waals surface area contributed by atoms with Crippen LogP contribution in [-0.2, 0) is 0 Å². The quantitative estimate of drug-likeness (QED) is 0.666. The van der Waals surface area contributed by atoms with Gasteiger partial charge in [0, 0.05) is 18.2 Å². The van der Waals surface area contributed by atoms with Crippen molar-refractivity contribution in [2.45, 2.75) is 0 Å². The minimum atomic E-state index is -1.83. The van der Waals surface area contributed by atoms with Crippen LogP contribution in [0.1, 0.15) is 0 Å². The Balaban J connectivity index is 0.000000310. The van der Waals surface area contributed by atoms with Crippen LogP contribution in [0.3, 0.4) is 0 Å². The van der Waals surface area contributed by atoms with Crippen molar-refractivity contribution in [3.05, 3.63) is 35.7 Å². The van der Waals surface area contributed by atoms with Gasteiger partial charge in [-0.05, 0) is 0 Å². The van der Waals surface area contributed by atoms with Crippen molar-refractivity contribution in [1.82, 2.24) is 0 Å². The van der Waals surface area contributed by atoms with Gasteiger partial charge in [0.15, 0.2) is 0 Å². The maximum Gasteiger partial charge on any atom is 0.503 e. The summed E-state index contributed by atoms with van der Waals surface area (Å²) in [6.07, 6.45) is -1.83. The lowest BCUT2D eigenvalue weighted by Gasteiger charge is -1.88. The smallest absolute Gasteiger partial charge is 0.450 e. The summed E-state index contributed by atoms with van der Waals surface area (Å²) in [7, 11) is 0. The summed E-state index contributed by atoms with van der Waals surface area (Å²) in [5, 5.41) is 13.9. The lowest BCUT2D eigenvalue weighted by Crippen LogP contribution is -1.81. The summed E-state index contributed by atoms with van der Waals surface area (Å²) in [6.45, 7) is 0. The third-order valence-electron chi connectivity index (χ3n) is 0.827. The molecular formula is C7H5F3O3. The molecule has 0 aromatic heterocycles. The standard InChI is InChI=1S/C6H3F3.CH2O3/c7-4-1-5(8)3-6(9)2-4;2-1(3)4/h1-3H;(H2,2,3,4). The predicted molar refractivity (Wildman–Crippen MR) is 37.0 cm³/mol. The summed E-state index contributed by atoms with van der Waals surface area (Å²) in [4.78, 5) is 8.56. The number of halogens is 3. The molecule has 1 aromatic carbocycles. The largest absolute Gasteiger partial charge is 0.503 e.